The van der Waals surface area contributed by atoms with E-state index < -0.39 is 36.1 Å². The fourth-order valence-electron chi connectivity index (χ4n) is 3.83. The SMILES string of the molecule is C=CC(=C)OC(COC(=O)C=C)COc1ccc(C(=O)OC2CCC(OCC(COC(=O)C=C)OC(=O)C=C)CC2)cc1. The van der Waals surface area contributed by atoms with Gasteiger partial charge in [0.15, 0.2) is 12.2 Å². The van der Waals surface area contributed by atoms with Crippen LogP contribution in [0.1, 0.15) is 36.0 Å². The van der Waals surface area contributed by atoms with E-state index in [4.69, 9.17) is 33.2 Å². The van der Waals surface area contributed by atoms with Crippen molar-refractivity contribution in [2.24, 2.45) is 0 Å². The van der Waals surface area contributed by atoms with E-state index in [1.54, 1.807) is 24.3 Å². The first-order valence-corrected chi connectivity index (χ1v) is 13.6. The van der Waals surface area contributed by atoms with Crippen molar-refractivity contribution >= 4 is 23.9 Å². The van der Waals surface area contributed by atoms with Gasteiger partial charge in [-0.25, -0.2) is 19.2 Å². The van der Waals surface area contributed by atoms with Crippen molar-refractivity contribution in [3.63, 3.8) is 0 Å². The van der Waals surface area contributed by atoms with Crippen LogP contribution in [-0.4, -0.2) is 74.7 Å². The number of carbonyl (C=O) groups is 4. The molecule has 232 valence electrons. The van der Waals surface area contributed by atoms with Gasteiger partial charge in [0.2, 0.25) is 0 Å². The molecule has 0 aliphatic heterocycles. The lowest BCUT2D eigenvalue weighted by Crippen LogP contribution is -2.33. The smallest absolute Gasteiger partial charge is 0.338 e. The second-order valence-electron chi connectivity index (χ2n) is 9.31. The average molecular weight is 599 g/mol. The van der Waals surface area contributed by atoms with E-state index in [-0.39, 0.29) is 38.6 Å². The molecule has 11 heteroatoms. The van der Waals surface area contributed by atoms with Crippen molar-refractivity contribution in [3.8, 4) is 5.75 Å². The molecule has 0 N–H and O–H groups in total. The Kier molecular flexibility index (Phi) is 15.0. The maximum atomic E-state index is 12.7. The third-order valence-corrected chi connectivity index (χ3v) is 6.09. The highest BCUT2D eigenvalue weighted by atomic mass is 16.6. The zero-order chi connectivity index (χ0) is 31.6. The van der Waals surface area contributed by atoms with Gasteiger partial charge in [0, 0.05) is 18.2 Å². The molecule has 11 nitrogen and oxygen atoms in total. The zero-order valence-corrected chi connectivity index (χ0v) is 24.1. The van der Waals surface area contributed by atoms with E-state index in [1.807, 2.05) is 0 Å². The molecule has 2 rings (SSSR count). The highest BCUT2D eigenvalue weighted by Gasteiger charge is 2.26. The molecule has 1 aromatic rings. The van der Waals surface area contributed by atoms with Gasteiger partial charge in [0.05, 0.1) is 18.3 Å². The van der Waals surface area contributed by atoms with Gasteiger partial charge in [-0.05, 0) is 56.0 Å². The molecule has 1 aliphatic carbocycles. The minimum atomic E-state index is -0.795. The molecule has 0 saturated heterocycles. The van der Waals surface area contributed by atoms with E-state index in [0.29, 0.717) is 42.8 Å². The van der Waals surface area contributed by atoms with Gasteiger partial charge in [-0.1, -0.05) is 32.9 Å². The van der Waals surface area contributed by atoms with Crippen molar-refractivity contribution in [2.75, 3.05) is 26.4 Å². The van der Waals surface area contributed by atoms with Gasteiger partial charge < -0.3 is 33.2 Å². The molecule has 0 heterocycles. The fourth-order valence-corrected chi connectivity index (χ4v) is 3.83. The van der Waals surface area contributed by atoms with Crippen LogP contribution in [0.4, 0.5) is 0 Å². The van der Waals surface area contributed by atoms with E-state index >= 15 is 0 Å². The monoisotopic (exact) mass is 598 g/mol. The number of allylic oxidation sites excluding steroid dienone is 1. The molecule has 1 fully saturated rings. The summed E-state index contributed by atoms with van der Waals surface area (Å²) in [6, 6.07) is 6.43. The number of esters is 4. The number of hydrogen-bond donors (Lipinski definition) is 0. The number of hydrogen-bond acceptors (Lipinski definition) is 11. The minimum Gasteiger partial charge on any atom is -0.490 e. The lowest BCUT2D eigenvalue weighted by atomic mass is 9.95. The van der Waals surface area contributed by atoms with Crippen LogP contribution in [0, 0.1) is 0 Å². The van der Waals surface area contributed by atoms with Gasteiger partial charge in [0.1, 0.15) is 37.4 Å². The van der Waals surface area contributed by atoms with Crippen LogP contribution in [0.3, 0.4) is 0 Å². The highest BCUT2D eigenvalue weighted by Crippen LogP contribution is 2.25. The summed E-state index contributed by atoms with van der Waals surface area (Å²) in [6.07, 6.45) is 5.10. The quantitative estimate of drug-likeness (QED) is 0.0746. The molecule has 0 radical (unpaired) electrons. The summed E-state index contributed by atoms with van der Waals surface area (Å²) in [6.45, 7) is 17.1. The van der Waals surface area contributed by atoms with Gasteiger partial charge in [0.25, 0.3) is 0 Å². The van der Waals surface area contributed by atoms with Gasteiger partial charge in [-0.3, -0.25) is 0 Å². The number of benzene rings is 1. The Balaban J connectivity index is 1.80. The molecule has 0 bridgehead atoms. The first-order chi connectivity index (χ1) is 20.7. The van der Waals surface area contributed by atoms with Crippen LogP contribution >= 0.6 is 0 Å². The molecule has 1 saturated carbocycles. The van der Waals surface area contributed by atoms with Crippen LogP contribution in [0.15, 0.2) is 87.2 Å². The molecule has 1 aliphatic rings. The summed E-state index contributed by atoms with van der Waals surface area (Å²) < 4.78 is 38.0. The standard InChI is InChI=1S/C32H38O11/c1-6-22(5)41-27(20-39-29(33)7-2)18-37-24-12-10-23(11-13-24)32(36)43-26-16-14-25(15-17-26)38-19-28(42-31(35)9-4)21-40-30(34)8-3/h6-13,25-28H,1-5,14-21H2. The van der Waals surface area contributed by atoms with Gasteiger partial charge in [-0.2, -0.15) is 0 Å². The van der Waals surface area contributed by atoms with Crippen LogP contribution < -0.4 is 4.74 Å². The first-order valence-electron chi connectivity index (χ1n) is 13.6. The molecule has 2 atom stereocenters. The predicted octanol–water partition coefficient (Wildman–Crippen LogP) is 4.19. The molecule has 0 spiro atoms. The van der Waals surface area contributed by atoms with E-state index in [1.165, 1.54) is 6.08 Å². The summed E-state index contributed by atoms with van der Waals surface area (Å²) in [5, 5.41) is 0. The number of carbonyl (C=O) groups excluding carboxylic acids is 4. The predicted molar refractivity (Wildman–Crippen MR) is 156 cm³/mol. The van der Waals surface area contributed by atoms with Crippen LogP contribution in [-0.2, 0) is 42.8 Å². The zero-order valence-electron chi connectivity index (χ0n) is 24.1. The molecule has 2 unspecified atom stereocenters. The Morgan fingerprint density at radius 1 is 0.698 bits per heavy atom. The fraction of sp³-hybridized carbons (Fsp3) is 0.375. The van der Waals surface area contributed by atoms with E-state index in [2.05, 4.69) is 32.9 Å². The number of ether oxygens (including phenoxy) is 7. The van der Waals surface area contributed by atoms with Crippen molar-refractivity contribution in [1.29, 1.82) is 0 Å². The third-order valence-electron chi connectivity index (χ3n) is 6.09. The Hall–Kier alpha value is -4.64. The van der Waals surface area contributed by atoms with E-state index in [0.717, 1.165) is 18.2 Å². The summed E-state index contributed by atoms with van der Waals surface area (Å²) in [4.78, 5) is 47.0. The van der Waals surface area contributed by atoms with Crippen molar-refractivity contribution in [2.45, 2.75) is 50.1 Å². The lowest BCUT2D eigenvalue weighted by Gasteiger charge is -2.29. The van der Waals surface area contributed by atoms with Crippen LogP contribution in [0.2, 0.25) is 0 Å². The average Bonchev–Trinajstić information content (AvgIpc) is 3.03. The van der Waals surface area contributed by atoms with Crippen molar-refractivity contribution in [3.05, 3.63) is 92.8 Å². The first kappa shape index (κ1) is 34.6. The summed E-state index contributed by atoms with van der Waals surface area (Å²) >= 11 is 0. The molecule has 0 amide bonds. The van der Waals surface area contributed by atoms with Gasteiger partial charge >= 0.3 is 23.9 Å². The Bertz CT molecular complexity index is 1150. The molecule has 0 aromatic heterocycles. The molecule has 43 heavy (non-hydrogen) atoms. The van der Waals surface area contributed by atoms with Crippen LogP contribution in [0.5, 0.6) is 5.75 Å². The molecular weight excluding hydrogens is 560 g/mol. The maximum Gasteiger partial charge on any atom is 0.338 e. The number of rotatable bonds is 19. The Morgan fingerprint density at radius 3 is 1.77 bits per heavy atom. The molecule has 1 aromatic carbocycles. The van der Waals surface area contributed by atoms with Crippen molar-refractivity contribution in [1.82, 2.24) is 0 Å². The third kappa shape index (κ3) is 13.3. The van der Waals surface area contributed by atoms with Crippen molar-refractivity contribution < 1.29 is 52.3 Å². The highest BCUT2D eigenvalue weighted by molar-refractivity contribution is 5.89. The summed E-state index contributed by atoms with van der Waals surface area (Å²) in [5.41, 5.74) is 0.361. The maximum absolute atomic E-state index is 12.7. The second-order valence-corrected chi connectivity index (χ2v) is 9.31. The van der Waals surface area contributed by atoms with E-state index in [9.17, 15) is 19.2 Å². The van der Waals surface area contributed by atoms with Crippen LogP contribution in [0.25, 0.3) is 0 Å². The Morgan fingerprint density at radius 2 is 1.23 bits per heavy atom. The normalized spacial score (nSPS) is 17.1. The summed E-state index contributed by atoms with van der Waals surface area (Å²) in [5.74, 6) is -1.58. The minimum absolute atomic E-state index is 0.0311. The van der Waals surface area contributed by atoms with Gasteiger partial charge in [-0.15, -0.1) is 0 Å². The largest absolute Gasteiger partial charge is 0.490 e. The second kappa shape index (κ2) is 18.7. The summed E-state index contributed by atoms with van der Waals surface area (Å²) in [7, 11) is 0. The topological polar surface area (TPSA) is 133 Å². The Labute approximate surface area is 251 Å². The molecular formula is C32H38O11. The lowest BCUT2D eigenvalue weighted by molar-refractivity contribution is -0.158.